The maximum atomic E-state index is 11.9. The van der Waals surface area contributed by atoms with Crippen molar-refractivity contribution in [2.24, 2.45) is 17.1 Å². The van der Waals surface area contributed by atoms with Crippen LogP contribution in [0.5, 0.6) is 0 Å². The van der Waals surface area contributed by atoms with Gasteiger partial charge in [-0.3, -0.25) is 19.9 Å². The first-order chi connectivity index (χ1) is 13.1. The summed E-state index contributed by atoms with van der Waals surface area (Å²) in [5.74, 6) is -0.211. The van der Waals surface area contributed by atoms with Crippen LogP contribution < -0.4 is 5.43 Å². The van der Waals surface area contributed by atoms with E-state index in [0.29, 0.717) is 29.9 Å². The Morgan fingerprint density at radius 1 is 1.37 bits per heavy atom. The SMILES string of the molecule is C=CC(=O)/C(CC/C=C/C=C(C=C)/N=C/C=C/OC)=N\Nc1cnn(C)c1. The summed E-state index contributed by atoms with van der Waals surface area (Å²) in [6, 6.07) is 0. The Bertz CT molecular complexity index is 782. The number of hydrogen-bond acceptors (Lipinski definition) is 6. The summed E-state index contributed by atoms with van der Waals surface area (Å²) in [6.45, 7) is 7.23. The Kier molecular flexibility index (Phi) is 10.2. The highest BCUT2D eigenvalue weighted by molar-refractivity contribution is 6.44. The van der Waals surface area contributed by atoms with Crippen molar-refractivity contribution in [3.05, 3.63) is 74.0 Å². The molecule has 0 aliphatic rings. The molecule has 7 nitrogen and oxygen atoms in total. The van der Waals surface area contributed by atoms with Crippen molar-refractivity contribution >= 4 is 23.4 Å². The minimum absolute atomic E-state index is 0.211. The van der Waals surface area contributed by atoms with Crippen molar-refractivity contribution in [3.63, 3.8) is 0 Å². The number of carbonyl (C=O) groups is 1. The van der Waals surface area contributed by atoms with Crippen LogP contribution in [0.4, 0.5) is 5.69 Å². The summed E-state index contributed by atoms with van der Waals surface area (Å²) in [6.07, 6.45) is 17.8. The van der Waals surface area contributed by atoms with E-state index in [1.54, 1.807) is 49.6 Å². The number of nitrogens with one attached hydrogen (secondary N) is 1. The second kappa shape index (κ2) is 12.8. The minimum Gasteiger partial charge on any atom is -0.504 e. The number of anilines is 1. The Morgan fingerprint density at radius 2 is 2.19 bits per heavy atom. The Morgan fingerprint density at radius 3 is 2.81 bits per heavy atom. The van der Waals surface area contributed by atoms with Crippen LogP contribution in [0.25, 0.3) is 0 Å². The van der Waals surface area contributed by atoms with E-state index < -0.39 is 0 Å². The van der Waals surface area contributed by atoms with Gasteiger partial charge in [0.2, 0.25) is 5.78 Å². The van der Waals surface area contributed by atoms with Crippen LogP contribution >= 0.6 is 0 Å². The molecule has 0 spiro atoms. The summed E-state index contributed by atoms with van der Waals surface area (Å²) in [4.78, 5) is 16.1. The van der Waals surface area contributed by atoms with Crippen LogP contribution in [0.2, 0.25) is 0 Å². The van der Waals surface area contributed by atoms with Crippen molar-refractivity contribution in [2.45, 2.75) is 12.8 Å². The molecule has 0 unspecified atom stereocenters. The molecule has 0 saturated carbocycles. The molecule has 142 valence electrons. The molecule has 0 aromatic carbocycles. The molecule has 27 heavy (non-hydrogen) atoms. The molecule has 0 bridgehead atoms. The van der Waals surface area contributed by atoms with Crippen molar-refractivity contribution in [3.8, 4) is 0 Å². The third-order valence-corrected chi connectivity index (χ3v) is 3.18. The van der Waals surface area contributed by atoms with Gasteiger partial charge in [-0.05, 0) is 37.1 Å². The molecule has 0 aliphatic heterocycles. The lowest BCUT2D eigenvalue weighted by atomic mass is 10.1. The normalized spacial score (nSPS) is 12.8. The van der Waals surface area contributed by atoms with E-state index in [0.717, 1.165) is 0 Å². The van der Waals surface area contributed by atoms with Crippen LogP contribution in [0, 0.1) is 0 Å². The number of allylic oxidation sites excluding steroid dienone is 6. The second-order valence-electron chi connectivity index (χ2n) is 5.25. The van der Waals surface area contributed by atoms with E-state index in [9.17, 15) is 4.79 Å². The van der Waals surface area contributed by atoms with Gasteiger partial charge in [0.25, 0.3) is 0 Å². The summed E-state index contributed by atoms with van der Waals surface area (Å²) in [5.41, 5.74) is 4.65. The van der Waals surface area contributed by atoms with Crippen LogP contribution in [0.15, 0.2) is 84.1 Å². The fourth-order valence-electron chi connectivity index (χ4n) is 1.85. The summed E-state index contributed by atoms with van der Waals surface area (Å²) >= 11 is 0. The number of rotatable bonds is 12. The lowest BCUT2D eigenvalue weighted by Crippen LogP contribution is -2.12. The molecule has 1 rings (SSSR count). The van der Waals surface area contributed by atoms with E-state index in [2.05, 4.69) is 33.8 Å². The van der Waals surface area contributed by atoms with Gasteiger partial charge in [0, 0.05) is 19.5 Å². The highest BCUT2D eigenvalue weighted by Gasteiger charge is 2.07. The average molecular weight is 367 g/mol. The van der Waals surface area contributed by atoms with Crippen LogP contribution in [0.3, 0.4) is 0 Å². The smallest absolute Gasteiger partial charge is 0.201 e. The molecule has 1 heterocycles. The molecule has 0 radical (unpaired) electrons. The molecular formula is C20H25N5O2. The fraction of sp³-hybridized carbons (Fsp3) is 0.200. The number of nitrogens with zero attached hydrogens (tertiary/aromatic N) is 4. The van der Waals surface area contributed by atoms with E-state index in [1.165, 1.54) is 12.3 Å². The van der Waals surface area contributed by atoms with Crippen LogP contribution in [0.1, 0.15) is 12.8 Å². The van der Waals surface area contributed by atoms with Gasteiger partial charge in [0.05, 0.1) is 31.0 Å². The zero-order valence-corrected chi connectivity index (χ0v) is 15.7. The molecule has 0 atom stereocenters. The van der Waals surface area contributed by atoms with Crippen LogP contribution in [-0.4, -0.2) is 34.6 Å². The quantitative estimate of drug-likeness (QED) is 0.201. The lowest BCUT2D eigenvalue weighted by molar-refractivity contribution is -0.109. The van der Waals surface area contributed by atoms with Crippen molar-refractivity contribution in [1.29, 1.82) is 0 Å². The number of aromatic nitrogens is 2. The highest BCUT2D eigenvalue weighted by Crippen LogP contribution is 2.05. The Labute approximate surface area is 159 Å². The third kappa shape index (κ3) is 8.97. The number of hydrogen-bond donors (Lipinski definition) is 1. The number of hydrazone groups is 1. The molecule has 0 amide bonds. The maximum Gasteiger partial charge on any atom is 0.201 e. The Hall–Kier alpha value is -3.48. The number of ether oxygens (including phenoxy) is 1. The first-order valence-corrected chi connectivity index (χ1v) is 8.30. The van der Waals surface area contributed by atoms with E-state index in [1.807, 2.05) is 18.2 Å². The molecule has 0 fully saturated rings. The van der Waals surface area contributed by atoms with Gasteiger partial charge in [-0.2, -0.15) is 10.2 Å². The molecule has 1 N–H and O–H groups in total. The van der Waals surface area contributed by atoms with Gasteiger partial charge < -0.3 is 4.74 Å². The second-order valence-corrected chi connectivity index (χ2v) is 5.25. The van der Waals surface area contributed by atoms with Crippen molar-refractivity contribution in [1.82, 2.24) is 9.78 Å². The molecular weight excluding hydrogens is 342 g/mol. The number of methoxy groups -OCH3 is 1. The zero-order valence-electron chi connectivity index (χ0n) is 15.7. The van der Waals surface area contributed by atoms with Gasteiger partial charge in [-0.15, -0.1) is 0 Å². The number of aryl methyl sites for hydroxylation is 1. The Balaban J connectivity index is 2.63. The summed E-state index contributed by atoms with van der Waals surface area (Å²) in [5, 5.41) is 8.20. The van der Waals surface area contributed by atoms with Gasteiger partial charge in [0.15, 0.2) is 0 Å². The third-order valence-electron chi connectivity index (χ3n) is 3.18. The van der Waals surface area contributed by atoms with Gasteiger partial charge in [-0.25, -0.2) is 0 Å². The number of carbonyl (C=O) groups excluding carboxylic acids is 1. The molecule has 1 aromatic heterocycles. The predicted octanol–water partition coefficient (Wildman–Crippen LogP) is 3.58. The topological polar surface area (TPSA) is 80.9 Å². The molecule has 7 heteroatoms. The number of ketones is 1. The fourth-order valence-corrected chi connectivity index (χ4v) is 1.85. The van der Waals surface area contributed by atoms with Gasteiger partial charge in [-0.1, -0.05) is 25.3 Å². The van der Waals surface area contributed by atoms with E-state index in [-0.39, 0.29) is 5.78 Å². The highest BCUT2D eigenvalue weighted by atomic mass is 16.5. The molecule has 1 aromatic rings. The van der Waals surface area contributed by atoms with E-state index in [4.69, 9.17) is 4.74 Å². The molecule has 0 saturated heterocycles. The van der Waals surface area contributed by atoms with Gasteiger partial charge >= 0.3 is 0 Å². The van der Waals surface area contributed by atoms with Crippen molar-refractivity contribution in [2.75, 3.05) is 12.5 Å². The minimum atomic E-state index is -0.211. The zero-order chi connectivity index (χ0) is 19.9. The standard InChI is InChI=1S/C20H25N5O2/c1-5-17(21-13-10-14-27-4)11-8-7-9-12-19(20(26)6-2)24-23-18-15-22-25(3)16-18/h5-8,10-11,13-16,23H,1-2,9,12H2,3-4H3/b8-7+,14-10+,17-11+,21-13+,24-19-. The monoisotopic (exact) mass is 367 g/mol. The summed E-state index contributed by atoms with van der Waals surface area (Å²) in [7, 11) is 3.37. The largest absolute Gasteiger partial charge is 0.504 e. The lowest BCUT2D eigenvalue weighted by Gasteiger charge is -2.02. The average Bonchev–Trinajstić information content (AvgIpc) is 3.10. The van der Waals surface area contributed by atoms with Gasteiger partial charge in [0.1, 0.15) is 5.71 Å². The maximum absolute atomic E-state index is 11.9. The first-order valence-electron chi connectivity index (χ1n) is 8.30. The molecule has 0 aliphatic carbocycles. The van der Waals surface area contributed by atoms with E-state index >= 15 is 0 Å². The van der Waals surface area contributed by atoms with Crippen LogP contribution in [-0.2, 0) is 16.6 Å². The summed E-state index contributed by atoms with van der Waals surface area (Å²) < 4.78 is 6.43. The van der Waals surface area contributed by atoms with Crippen molar-refractivity contribution < 1.29 is 9.53 Å². The first kappa shape index (κ1) is 21.6. The number of aliphatic imine (C=N–C) groups is 1. The predicted molar refractivity (Wildman–Crippen MR) is 111 cm³/mol.